The monoisotopic (exact) mass is 475 g/mol. The van der Waals surface area contributed by atoms with E-state index in [2.05, 4.69) is 10.2 Å². The Hall–Kier alpha value is -2.92. The minimum absolute atomic E-state index is 0.0259. The molecule has 0 spiro atoms. The van der Waals surface area contributed by atoms with Crippen LogP contribution in [0.2, 0.25) is 0 Å². The maximum Gasteiger partial charge on any atom is 0.451 e. The lowest BCUT2D eigenvalue weighted by Crippen LogP contribution is -2.46. The zero-order chi connectivity index (χ0) is 24.5. The van der Waals surface area contributed by atoms with E-state index >= 15 is 0 Å². The molecule has 0 bridgehead atoms. The van der Waals surface area contributed by atoms with Crippen molar-refractivity contribution in [2.75, 3.05) is 6.54 Å². The molecule has 2 atom stereocenters. The quantitative estimate of drug-likeness (QED) is 0.367. The zero-order valence-corrected chi connectivity index (χ0v) is 18.0. The highest BCUT2D eigenvalue weighted by Crippen LogP contribution is 2.31. The molecule has 2 unspecified atom stereocenters. The first-order valence-corrected chi connectivity index (χ1v) is 10.4. The van der Waals surface area contributed by atoms with Gasteiger partial charge < -0.3 is 14.9 Å². The predicted molar refractivity (Wildman–Crippen MR) is 106 cm³/mol. The number of benzene rings is 1. The summed E-state index contributed by atoms with van der Waals surface area (Å²) in [6.07, 6.45) is -3.83. The van der Waals surface area contributed by atoms with E-state index in [0.29, 0.717) is 25.0 Å². The fraction of sp³-hybridized carbons (Fsp3) is 0.524. The van der Waals surface area contributed by atoms with Gasteiger partial charge in [0.25, 0.3) is 0 Å². The van der Waals surface area contributed by atoms with Gasteiger partial charge in [0.1, 0.15) is 5.82 Å². The van der Waals surface area contributed by atoms with Crippen LogP contribution in [-0.4, -0.2) is 37.8 Å². The summed E-state index contributed by atoms with van der Waals surface area (Å²) in [6, 6.07) is 1.05. The molecule has 0 radical (unpaired) electrons. The number of hydrogen-bond acceptors (Lipinski definition) is 4. The average Bonchev–Trinajstić information content (AvgIpc) is 3.16. The largest absolute Gasteiger partial charge is 0.451 e. The van der Waals surface area contributed by atoms with Crippen LogP contribution in [0.4, 0.5) is 26.3 Å². The van der Waals surface area contributed by atoms with Crippen molar-refractivity contribution in [2.45, 2.75) is 52.4 Å². The smallest absolute Gasteiger partial charge is 0.333 e. The van der Waals surface area contributed by atoms with Crippen LogP contribution in [-0.2, 0) is 30.5 Å². The second kappa shape index (κ2) is 9.52. The summed E-state index contributed by atoms with van der Waals surface area (Å²) in [5.74, 6) is -6.66. The number of alkyl halides is 3. The molecule has 33 heavy (non-hydrogen) atoms. The first-order valence-electron chi connectivity index (χ1n) is 10.4. The first-order chi connectivity index (χ1) is 15.4. The Morgan fingerprint density at radius 2 is 1.79 bits per heavy atom. The van der Waals surface area contributed by atoms with Gasteiger partial charge in [-0.05, 0) is 24.0 Å². The van der Waals surface area contributed by atoms with Crippen molar-refractivity contribution in [3.8, 4) is 0 Å². The summed E-state index contributed by atoms with van der Waals surface area (Å²) in [5, 5.41) is 15.2. The van der Waals surface area contributed by atoms with Crippen LogP contribution in [0.3, 0.4) is 0 Å². The number of rotatable bonds is 7. The third-order valence-electron chi connectivity index (χ3n) is 5.74. The van der Waals surface area contributed by atoms with Crippen LogP contribution >= 0.6 is 0 Å². The molecule has 1 amide bonds. The van der Waals surface area contributed by atoms with Gasteiger partial charge >= 0.3 is 6.18 Å². The summed E-state index contributed by atoms with van der Waals surface area (Å²) in [4.78, 5) is 14.6. The van der Waals surface area contributed by atoms with Crippen molar-refractivity contribution in [2.24, 2.45) is 11.8 Å². The van der Waals surface area contributed by atoms with Gasteiger partial charge in [-0.1, -0.05) is 20.3 Å². The molecule has 180 valence electrons. The Morgan fingerprint density at radius 1 is 1.12 bits per heavy atom. The lowest BCUT2D eigenvalue weighted by Gasteiger charge is -2.33. The molecule has 12 heteroatoms. The minimum atomic E-state index is -4.67. The number of hydrogen-bond donors (Lipinski definition) is 1. The number of aromatic nitrogens is 3. The first kappa shape index (κ1) is 24.7. The third kappa shape index (κ3) is 5.19. The molecule has 1 aliphatic heterocycles. The maximum absolute atomic E-state index is 14.1. The summed E-state index contributed by atoms with van der Waals surface area (Å²) in [6.45, 7) is 3.21. The van der Waals surface area contributed by atoms with Crippen LogP contribution in [0.1, 0.15) is 43.9 Å². The number of nitrogens with one attached hydrogen (secondary N) is 1. The maximum atomic E-state index is 14.1. The average molecular weight is 475 g/mol. The summed E-state index contributed by atoms with van der Waals surface area (Å²) < 4.78 is 81.1. The third-order valence-corrected chi connectivity index (χ3v) is 5.74. The van der Waals surface area contributed by atoms with E-state index < -0.39 is 47.7 Å². The van der Waals surface area contributed by atoms with E-state index in [4.69, 9.17) is 5.41 Å². The molecule has 1 aliphatic rings. The van der Waals surface area contributed by atoms with Crippen molar-refractivity contribution < 1.29 is 31.1 Å². The Labute approximate surface area is 186 Å². The van der Waals surface area contributed by atoms with E-state index in [9.17, 15) is 31.1 Å². The molecule has 0 aliphatic carbocycles. The molecule has 0 saturated carbocycles. The fourth-order valence-corrected chi connectivity index (χ4v) is 4.12. The molecule has 1 aromatic heterocycles. The van der Waals surface area contributed by atoms with Crippen molar-refractivity contribution in [3.05, 3.63) is 46.8 Å². The number of nitrogens with zero attached hydrogens (tertiary/aromatic N) is 4. The van der Waals surface area contributed by atoms with E-state index in [1.54, 1.807) is 6.92 Å². The van der Waals surface area contributed by atoms with Crippen molar-refractivity contribution >= 4 is 11.6 Å². The Kier molecular flexibility index (Phi) is 7.13. The molecular formula is C21H23F6N5O. The Morgan fingerprint density at radius 3 is 2.42 bits per heavy atom. The lowest BCUT2D eigenvalue weighted by molar-refractivity contribution is -0.148. The molecule has 2 aromatic rings. The van der Waals surface area contributed by atoms with Crippen LogP contribution in [0, 0.1) is 34.7 Å². The summed E-state index contributed by atoms with van der Waals surface area (Å²) in [7, 11) is 0. The lowest BCUT2D eigenvalue weighted by atomic mass is 9.82. The number of halogens is 6. The van der Waals surface area contributed by atoms with Gasteiger partial charge in [-0.2, -0.15) is 13.2 Å². The van der Waals surface area contributed by atoms with Gasteiger partial charge in [0.15, 0.2) is 17.5 Å². The van der Waals surface area contributed by atoms with Gasteiger partial charge in [-0.25, -0.2) is 13.2 Å². The second-order valence-corrected chi connectivity index (χ2v) is 8.15. The predicted octanol–water partition coefficient (Wildman–Crippen LogP) is 4.37. The number of carbonyl (C=O) groups is 1. The van der Waals surface area contributed by atoms with Crippen LogP contribution in [0.15, 0.2) is 12.1 Å². The molecule has 6 nitrogen and oxygen atoms in total. The van der Waals surface area contributed by atoms with E-state index in [1.165, 1.54) is 4.90 Å². The Bertz CT molecular complexity index is 1050. The molecule has 0 fully saturated rings. The molecule has 1 aromatic carbocycles. The van der Waals surface area contributed by atoms with Gasteiger partial charge in [-0.3, -0.25) is 4.79 Å². The second-order valence-electron chi connectivity index (χ2n) is 8.15. The van der Waals surface area contributed by atoms with Crippen molar-refractivity contribution in [1.29, 1.82) is 5.41 Å². The zero-order valence-electron chi connectivity index (χ0n) is 18.0. The minimum Gasteiger partial charge on any atom is -0.333 e. The van der Waals surface area contributed by atoms with E-state index in [1.807, 2.05) is 6.92 Å². The standard InChI is InChI=1S/C21H23F6N5O/c1-3-4-11(2)18(16(28)8-12-7-14(23)15(24)9-13(12)22)19(33)31-5-6-32-17(10-31)29-30-20(32)21(25,26)27/h7,9,11,18,28H,3-6,8,10H2,1-2H3. The molecule has 3 rings (SSSR count). The molecule has 2 heterocycles. The highest BCUT2D eigenvalue weighted by Gasteiger charge is 2.41. The number of carbonyl (C=O) groups excluding carboxylic acids is 1. The molecule has 0 saturated heterocycles. The highest BCUT2D eigenvalue weighted by molar-refractivity contribution is 6.03. The number of fused-ring (bicyclic) bond motifs is 1. The SMILES string of the molecule is CCCC(C)C(C(=N)Cc1cc(F)c(F)cc1F)C(=O)N1CCn2c(nnc2C(F)(F)F)C1. The van der Waals surface area contributed by atoms with Crippen LogP contribution in [0.25, 0.3) is 0 Å². The highest BCUT2D eigenvalue weighted by atomic mass is 19.4. The topological polar surface area (TPSA) is 74.9 Å². The van der Waals surface area contributed by atoms with Crippen molar-refractivity contribution in [3.63, 3.8) is 0 Å². The van der Waals surface area contributed by atoms with Gasteiger partial charge in [0.2, 0.25) is 11.7 Å². The van der Waals surface area contributed by atoms with Crippen molar-refractivity contribution in [1.82, 2.24) is 19.7 Å². The molecular weight excluding hydrogens is 452 g/mol. The van der Waals surface area contributed by atoms with Crippen LogP contribution < -0.4 is 0 Å². The molecule has 1 N–H and O–H groups in total. The normalized spacial score (nSPS) is 15.8. The van der Waals surface area contributed by atoms with Gasteiger partial charge in [0.05, 0.1) is 12.5 Å². The van der Waals surface area contributed by atoms with Crippen LogP contribution in [0.5, 0.6) is 0 Å². The Balaban J connectivity index is 1.84. The summed E-state index contributed by atoms with van der Waals surface area (Å²) >= 11 is 0. The van der Waals surface area contributed by atoms with E-state index in [-0.39, 0.29) is 42.7 Å². The van der Waals surface area contributed by atoms with Gasteiger partial charge in [-0.15, -0.1) is 10.2 Å². The van der Waals surface area contributed by atoms with Gasteiger partial charge in [0, 0.05) is 31.3 Å². The summed E-state index contributed by atoms with van der Waals surface area (Å²) in [5.41, 5.74) is -0.442. The fourth-order valence-electron chi connectivity index (χ4n) is 4.12. The van der Waals surface area contributed by atoms with E-state index in [0.717, 1.165) is 4.57 Å². The number of amides is 1.